The van der Waals surface area contributed by atoms with Crippen LogP contribution in [0.25, 0.3) is 0 Å². The smallest absolute Gasteiger partial charge is 0.237 e. The van der Waals surface area contributed by atoms with Gasteiger partial charge in [-0.1, -0.05) is 35.5 Å². The van der Waals surface area contributed by atoms with Gasteiger partial charge in [0, 0.05) is 6.54 Å². The fourth-order valence-electron chi connectivity index (χ4n) is 3.36. The first-order chi connectivity index (χ1) is 12.0. The molecule has 25 heavy (non-hydrogen) atoms. The molecular weight excluding hydrogens is 316 g/mol. The van der Waals surface area contributed by atoms with Gasteiger partial charge in [0.1, 0.15) is 0 Å². The van der Waals surface area contributed by atoms with Gasteiger partial charge in [-0.05, 0) is 45.7 Å². The molecule has 0 spiro atoms. The number of hydrogen-bond acceptors (Lipinski definition) is 5. The van der Waals surface area contributed by atoms with E-state index < -0.39 is 0 Å². The van der Waals surface area contributed by atoms with Crippen LogP contribution in [0.15, 0.2) is 34.9 Å². The third kappa shape index (κ3) is 4.25. The van der Waals surface area contributed by atoms with E-state index in [9.17, 15) is 4.79 Å². The van der Waals surface area contributed by atoms with E-state index in [1.54, 1.807) is 0 Å². The van der Waals surface area contributed by atoms with Crippen LogP contribution in [0.1, 0.15) is 55.9 Å². The lowest BCUT2D eigenvalue weighted by Gasteiger charge is -2.35. The topological polar surface area (TPSA) is 71.3 Å². The maximum Gasteiger partial charge on any atom is 0.237 e. The second-order valence-corrected chi connectivity index (χ2v) is 6.83. The molecule has 1 saturated heterocycles. The van der Waals surface area contributed by atoms with E-state index in [1.807, 2.05) is 51.1 Å². The fraction of sp³-hybridized carbons (Fsp3) is 0.526. The standard InChI is InChI=1S/C19H26N4O2/c1-13(16-8-5-4-6-9-16)20-18(24)14(2)23-11-7-10-17(12-23)19-21-15(3)22-25-19/h4-6,8-9,13-14,17H,7,10-12H2,1-3H3,(H,20,24)/t13-,14-,17+/m0/s1. The van der Waals surface area contributed by atoms with Crippen LogP contribution in [0.4, 0.5) is 0 Å². The summed E-state index contributed by atoms with van der Waals surface area (Å²) in [4.78, 5) is 19.2. The zero-order chi connectivity index (χ0) is 17.8. The molecule has 2 heterocycles. The van der Waals surface area contributed by atoms with Gasteiger partial charge in [-0.2, -0.15) is 4.98 Å². The van der Waals surface area contributed by atoms with E-state index in [2.05, 4.69) is 20.4 Å². The summed E-state index contributed by atoms with van der Waals surface area (Å²) in [5.41, 5.74) is 1.11. The van der Waals surface area contributed by atoms with Crippen molar-refractivity contribution in [1.29, 1.82) is 0 Å². The van der Waals surface area contributed by atoms with Gasteiger partial charge in [0.2, 0.25) is 11.8 Å². The molecule has 134 valence electrons. The largest absolute Gasteiger partial charge is 0.348 e. The van der Waals surface area contributed by atoms with E-state index in [4.69, 9.17) is 4.52 Å². The predicted octanol–water partition coefficient (Wildman–Crippen LogP) is 2.82. The molecule has 1 aromatic carbocycles. The van der Waals surface area contributed by atoms with Crippen molar-refractivity contribution in [3.63, 3.8) is 0 Å². The average Bonchev–Trinajstić information content (AvgIpc) is 3.08. The monoisotopic (exact) mass is 342 g/mol. The number of carbonyl (C=O) groups is 1. The Morgan fingerprint density at radius 3 is 2.76 bits per heavy atom. The third-order valence-corrected chi connectivity index (χ3v) is 4.93. The fourth-order valence-corrected chi connectivity index (χ4v) is 3.36. The van der Waals surface area contributed by atoms with Crippen LogP contribution < -0.4 is 5.32 Å². The van der Waals surface area contributed by atoms with Gasteiger partial charge < -0.3 is 9.84 Å². The van der Waals surface area contributed by atoms with Crippen LogP contribution in [0.5, 0.6) is 0 Å². The lowest BCUT2D eigenvalue weighted by atomic mass is 9.96. The third-order valence-electron chi connectivity index (χ3n) is 4.93. The summed E-state index contributed by atoms with van der Waals surface area (Å²) in [6, 6.07) is 9.84. The molecule has 1 aromatic heterocycles. The van der Waals surface area contributed by atoms with Crippen molar-refractivity contribution in [2.24, 2.45) is 0 Å². The highest BCUT2D eigenvalue weighted by molar-refractivity contribution is 5.81. The first-order valence-electron chi connectivity index (χ1n) is 8.94. The number of nitrogens with one attached hydrogen (secondary N) is 1. The normalized spacial score (nSPS) is 20.8. The highest BCUT2D eigenvalue weighted by atomic mass is 16.5. The van der Waals surface area contributed by atoms with E-state index in [0.29, 0.717) is 11.7 Å². The Labute approximate surface area is 148 Å². The van der Waals surface area contributed by atoms with Gasteiger partial charge in [-0.15, -0.1) is 0 Å². The average molecular weight is 342 g/mol. The summed E-state index contributed by atoms with van der Waals surface area (Å²) in [6.07, 6.45) is 2.05. The molecule has 1 aliphatic rings. The number of nitrogens with zero attached hydrogens (tertiary/aromatic N) is 3. The van der Waals surface area contributed by atoms with Crippen LogP contribution in [-0.2, 0) is 4.79 Å². The van der Waals surface area contributed by atoms with E-state index in [-0.39, 0.29) is 23.9 Å². The summed E-state index contributed by atoms with van der Waals surface area (Å²) in [5.74, 6) is 1.61. The minimum absolute atomic E-state index is 0.00433. The molecule has 6 nitrogen and oxygen atoms in total. The quantitative estimate of drug-likeness (QED) is 0.905. The number of likely N-dealkylation sites (tertiary alicyclic amines) is 1. The Morgan fingerprint density at radius 1 is 1.32 bits per heavy atom. The van der Waals surface area contributed by atoms with E-state index in [0.717, 1.165) is 31.5 Å². The number of piperidine rings is 1. The number of rotatable bonds is 5. The summed E-state index contributed by atoms with van der Waals surface area (Å²) in [7, 11) is 0. The van der Waals surface area contributed by atoms with Crippen LogP contribution >= 0.6 is 0 Å². The van der Waals surface area contributed by atoms with Gasteiger partial charge >= 0.3 is 0 Å². The number of amides is 1. The number of aryl methyl sites for hydroxylation is 1. The summed E-state index contributed by atoms with van der Waals surface area (Å²) < 4.78 is 5.33. The second kappa shape index (κ2) is 7.78. The summed E-state index contributed by atoms with van der Waals surface area (Å²) in [5, 5.41) is 7.01. The number of aromatic nitrogens is 2. The lowest BCUT2D eigenvalue weighted by Crippen LogP contribution is -2.49. The minimum atomic E-state index is -0.182. The Hall–Kier alpha value is -2.21. The molecule has 6 heteroatoms. The molecule has 2 aromatic rings. The van der Waals surface area contributed by atoms with Gasteiger partial charge in [-0.3, -0.25) is 9.69 Å². The predicted molar refractivity (Wildman–Crippen MR) is 95.0 cm³/mol. The van der Waals surface area contributed by atoms with Gasteiger partial charge in [0.15, 0.2) is 5.82 Å². The Morgan fingerprint density at radius 2 is 2.08 bits per heavy atom. The van der Waals surface area contributed by atoms with Gasteiger partial charge in [0.05, 0.1) is 18.0 Å². The SMILES string of the molecule is Cc1noc([C@@H]2CCCN([C@@H](C)C(=O)N[C@@H](C)c3ccccc3)C2)n1. The zero-order valence-electron chi connectivity index (χ0n) is 15.1. The molecule has 1 amide bonds. The highest BCUT2D eigenvalue weighted by Crippen LogP contribution is 2.27. The summed E-state index contributed by atoms with van der Waals surface area (Å²) >= 11 is 0. The van der Waals surface area contributed by atoms with E-state index in [1.165, 1.54) is 0 Å². The molecule has 0 aliphatic carbocycles. The summed E-state index contributed by atoms with van der Waals surface area (Å²) in [6.45, 7) is 7.50. The van der Waals surface area contributed by atoms with Crippen molar-refractivity contribution < 1.29 is 9.32 Å². The number of benzene rings is 1. The maximum absolute atomic E-state index is 12.7. The van der Waals surface area contributed by atoms with Crippen molar-refractivity contribution in [3.05, 3.63) is 47.6 Å². The molecule has 3 atom stereocenters. The molecule has 3 rings (SSSR count). The molecule has 1 aliphatic heterocycles. The Balaban J connectivity index is 1.59. The molecule has 1 N–H and O–H groups in total. The van der Waals surface area contributed by atoms with Crippen molar-refractivity contribution in [2.75, 3.05) is 13.1 Å². The van der Waals surface area contributed by atoms with Crippen molar-refractivity contribution >= 4 is 5.91 Å². The van der Waals surface area contributed by atoms with Crippen LogP contribution in [0.2, 0.25) is 0 Å². The van der Waals surface area contributed by atoms with E-state index >= 15 is 0 Å². The van der Waals surface area contributed by atoms with Gasteiger partial charge in [-0.25, -0.2) is 0 Å². The highest BCUT2D eigenvalue weighted by Gasteiger charge is 2.31. The molecule has 1 fully saturated rings. The first-order valence-corrected chi connectivity index (χ1v) is 8.94. The van der Waals surface area contributed by atoms with Crippen molar-refractivity contribution in [3.8, 4) is 0 Å². The molecule has 0 saturated carbocycles. The van der Waals surface area contributed by atoms with Crippen LogP contribution in [-0.4, -0.2) is 40.1 Å². The Bertz CT molecular complexity index is 700. The Kier molecular flexibility index (Phi) is 5.48. The lowest BCUT2D eigenvalue weighted by molar-refractivity contribution is -0.127. The molecule has 0 bridgehead atoms. The van der Waals surface area contributed by atoms with Crippen molar-refractivity contribution in [1.82, 2.24) is 20.4 Å². The van der Waals surface area contributed by atoms with Crippen LogP contribution in [0, 0.1) is 6.92 Å². The molecule has 0 unspecified atom stereocenters. The second-order valence-electron chi connectivity index (χ2n) is 6.83. The molecular formula is C19H26N4O2. The zero-order valence-corrected chi connectivity index (χ0v) is 15.1. The van der Waals surface area contributed by atoms with Crippen molar-refractivity contribution in [2.45, 2.75) is 51.6 Å². The maximum atomic E-state index is 12.7. The van der Waals surface area contributed by atoms with Crippen LogP contribution in [0.3, 0.4) is 0 Å². The number of carbonyl (C=O) groups excluding carboxylic acids is 1. The minimum Gasteiger partial charge on any atom is -0.348 e. The first kappa shape index (κ1) is 17.6. The molecule has 0 radical (unpaired) electrons. The van der Waals surface area contributed by atoms with Gasteiger partial charge in [0.25, 0.3) is 0 Å². The number of hydrogen-bond donors (Lipinski definition) is 1.